The summed E-state index contributed by atoms with van der Waals surface area (Å²) in [5.41, 5.74) is 1.03. The standard InChI is InChI=1S/C16H15NO3/c18-16-11-19-15(10-17-16)12-6-8-14(9-7-12)20-13-4-2-1-3-5-13/h1-9,15H,10-11H2,(H,17,18)/t15-/m0/s1. The Morgan fingerprint density at radius 1 is 1.00 bits per heavy atom. The molecule has 1 heterocycles. The maximum atomic E-state index is 11.0. The molecule has 1 fully saturated rings. The molecule has 0 aromatic heterocycles. The Bertz CT molecular complexity index is 570. The Hall–Kier alpha value is -2.33. The molecule has 1 saturated heterocycles. The molecule has 0 spiro atoms. The molecule has 1 atom stereocenters. The molecule has 20 heavy (non-hydrogen) atoms. The van der Waals surface area contributed by atoms with Crippen molar-refractivity contribution in [2.45, 2.75) is 6.10 Å². The Balaban J connectivity index is 1.67. The average molecular weight is 269 g/mol. The summed E-state index contributed by atoms with van der Waals surface area (Å²) in [5.74, 6) is 1.52. The Morgan fingerprint density at radius 2 is 1.70 bits per heavy atom. The summed E-state index contributed by atoms with van der Waals surface area (Å²) in [4.78, 5) is 11.0. The van der Waals surface area contributed by atoms with E-state index < -0.39 is 0 Å². The van der Waals surface area contributed by atoms with Gasteiger partial charge in [-0.25, -0.2) is 0 Å². The summed E-state index contributed by atoms with van der Waals surface area (Å²) < 4.78 is 11.2. The van der Waals surface area contributed by atoms with E-state index in [0.29, 0.717) is 6.54 Å². The van der Waals surface area contributed by atoms with Gasteiger partial charge in [0.2, 0.25) is 5.91 Å². The van der Waals surface area contributed by atoms with Crippen molar-refractivity contribution in [1.29, 1.82) is 0 Å². The normalized spacial score (nSPS) is 18.4. The van der Waals surface area contributed by atoms with Crippen molar-refractivity contribution in [3.05, 3.63) is 60.2 Å². The Labute approximate surface area is 117 Å². The SMILES string of the molecule is O=C1CO[C@H](c2ccc(Oc3ccccc3)cc2)CN1. The predicted molar refractivity (Wildman–Crippen MR) is 74.7 cm³/mol. The number of hydrogen-bond acceptors (Lipinski definition) is 3. The molecule has 0 saturated carbocycles. The molecule has 1 amide bonds. The van der Waals surface area contributed by atoms with Gasteiger partial charge in [-0.05, 0) is 29.8 Å². The fraction of sp³-hybridized carbons (Fsp3) is 0.188. The van der Waals surface area contributed by atoms with Crippen LogP contribution in [0.3, 0.4) is 0 Å². The second-order valence-electron chi connectivity index (χ2n) is 4.59. The number of rotatable bonds is 3. The molecule has 4 nitrogen and oxygen atoms in total. The zero-order chi connectivity index (χ0) is 13.8. The van der Waals surface area contributed by atoms with Gasteiger partial charge >= 0.3 is 0 Å². The Kier molecular flexibility index (Phi) is 3.65. The third-order valence-corrected chi connectivity index (χ3v) is 3.13. The fourth-order valence-electron chi connectivity index (χ4n) is 2.08. The highest BCUT2D eigenvalue weighted by Crippen LogP contribution is 2.25. The van der Waals surface area contributed by atoms with Crippen LogP contribution < -0.4 is 10.1 Å². The van der Waals surface area contributed by atoms with Crippen LogP contribution >= 0.6 is 0 Å². The molecule has 2 aromatic carbocycles. The number of hydrogen-bond donors (Lipinski definition) is 1. The van der Waals surface area contributed by atoms with E-state index in [2.05, 4.69) is 5.32 Å². The minimum absolute atomic E-state index is 0.0646. The van der Waals surface area contributed by atoms with E-state index in [9.17, 15) is 4.79 Å². The largest absolute Gasteiger partial charge is 0.457 e. The van der Waals surface area contributed by atoms with E-state index in [1.807, 2.05) is 54.6 Å². The molecule has 1 N–H and O–H groups in total. The summed E-state index contributed by atoms with van der Waals surface area (Å²) in [7, 11) is 0. The average Bonchev–Trinajstić information content (AvgIpc) is 2.50. The van der Waals surface area contributed by atoms with Crippen LogP contribution in [0.25, 0.3) is 0 Å². The first-order chi connectivity index (χ1) is 9.81. The van der Waals surface area contributed by atoms with Crippen LogP contribution in [0.2, 0.25) is 0 Å². The number of ether oxygens (including phenoxy) is 2. The predicted octanol–water partition coefficient (Wildman–Crippen LogP) is 2.67. The first-order valence-corrected chi connectivity index (χ1v) is 6.52. The molecule has 0 aliphatic carbocycles. The molecule has 102 valence electrons. The maximum Gasteiger partial charge on any atom is 0.246 e. The molecular weight excluding hydrogens is 254 g/mol. The molecule has 0 unspecified atom stereocenters. The van der Waals surface area contributed by atoms with E-state index in [4.69, 9.17) is 9.47 Å². The van der Waals surface area contributed by atoms with Crippen LogP contribution in [0.15, 0.2) is 54.6 Å². The van der Waals surface area contributed by atoms with E-state index >= 15 is 0 Å². The van der Waals surface area contributed by atoms with Gasteiger partial charge in [-0.3, -0.25) is 4.79 Å². The van der Waals surface area contributed by atoms with Crippen LogP contribution in [0, 0.1) is 0 Å². The molecule has 1 aliphatic heterocycles. The fourth-order valence-corrected chi connectivity index (χ4v) is 2.08. The van der Waals surface area contributed by atoms with Gasteiger partial charge in [0.15, 0.2) is 0 Å². The van der Waals surface area contributed by atoms with E-state index in [-0.39, 0.29) is 18.6 Å². The lowest BCUT2D eigenvalue weighted by Crippen LogP contribution is -2.38. The number of carbonyl (C=O) groups is 1. The van der Waals surface area contributed by atoms with Crippen molar-refractivity contribution in [2.24, 2.45) is 0 Å². The lowest BCUT2D eigenvalue weighted by atomic mass is 10.1. The number of amides is 1. The quantitative estimate of drug-likeness (QED) is 0.932. The van der Waals surface area contributed by atoms with Gasteiger partial charge in [0.25, 0.3) is 0 Å². The molecule has 0 bridgehead atoms. The van der Waals surface area contributed by atoms with Crippen LogP contribution in [-0.2, 0) is 9.53 Å². The zero-order valence-electron chi connectivity index (χ0n) is 10.9. The van der Waals surface area contributed by atoms with Crippen molar-refractivity contribution in [2.75, 3.05) is 13.2 Å². The number of para-hydroxylation sites is 1. The summed E-state index contributed by atoms with van der Waals surface area (Å²) in [6, 6.07) is 17.4. The monoisotopic (exact) mass is 269 g/mol. The lowest BCUT2D eigenvalue weighted by molar-refractivity contribution is -0.133. The summed E-state index contributed by atoms with van der Waals surface area (Å²) in [6.45, 7) is 0.630. The summed E-state index contributed by atoms with van der Waals surface area (Å²) >= 11 is 0. The highest BCUT2D eigenvalue weighted by Gasteiger charge is 2.19. The second-order valence-corrected chi connectivity index (χ2v) is 4.59. The van der Waals surface area contributed by atoms with Gasteiger partial charge < -0.3 is 14.8 Å². The molecule has 2 aromatic rings. The second kappa shape index (κ2) is 5.75. The van der Waals surface area contributed by atoms with Crippen LogP contribution in [0.1, 0.15) is 11.7 Å². The number of nitrogens with one attached hydrogen (secondary N) is 1. The zero-order valence-corrected chi connectivity index (χ0v) is 10.9. The maximum absolute atomic E-state index is 11.0. The van der Waals surface area contributed by atoms with Gasteiger partial charge in [-0.2, -0.15) is 0 Å². The Morgan fingerprint density at radius 3 is 2.35 bits per heavy atom. The van der Waals surface area contributed by atoms with Crippen molar-refractivity contribution in [1.82, 2.24) is 5.32 Å². The summed E-state index contributed by atoms with van der Waals surface area (Å²) in [6.07, 6.45) is -0.0847. The molecule has 3 rings (SSSR count). The number of carbonyl (C=O) groups excluding carboxylic acids is 1. The third kappa shape index (κ3) is 2.97. The van der Waals surface area contributed by atoms with E-state index in [1.165, 1.54) is 0 Å². The van der Waals surface area contributed by atoms with Crippen molar-refractivity contribution >= 4 is 5.91 Å². The van der Waals surface area contributed by atoms with Gasteiger partial charge in [-0.1, -0.05) is 30.3 Å². The smallest absolute Gasteiger partial charge is 0.246 e. The molecule has 1 aliphatic rings. The van der Waals surface area contributed by atoms with Gasteiger partial charge in [-0.15, -0.1) is 0 Å². The highest BCUT2D eigenvalue weighted by molar-refractivity contribution is 5.77. The first kappa shape index (κ1) is 12.7. The number of benzene rings is 2. The molecule has 4 heteroatoms. The van der Waals surface area contributed by atoms with Crippen molar-refractivity contribution < 1.29 is 14.3 Å². The van der Waals surface area contributed by atoms with Crippen molar-refractivity contribution in [3.63, 3.8) is 0 Å². The minimum Gasteiger partial charge on any atom is -0.457 e. The third-order valence-electron chi connectivity index (χ3n) is 3.13. The van der Waals surface area contributed by atoms with Gasteiger partial charge in [0.1, 0.15) is 24.2 Å². The minimum atomic E-state index is -0.0847. The molecule has 0 radical (unpaired) electrons. The van der Waals surface area contributed by atoms with Crippen LogP contribution in [0.4, 0.5) is 0 Å². The van der Waals surface area contributed by atoms with Gasteiger partial charge in [0, 0.05) is 6.54 Å². The number of morpholine rings is 1. The van der Waals surface area contributed by atoms with Crippen LogP contribution in [-0.4, -0.2) is 19.1 Å². The van der Waals surface area contributed by atoms with Crippen molar-refractivity contribution in [3.8, 4) is 11.5 Å². The van der Waals surface area contributed by atoms with Gasteiger partial charge in [0.05, 0.1) is 0 Å². The lowest BCUT2D eigenvalue weighted by Gasteiger charge is -2.23. The first-order valence-electron chi connectivity index (χ1n) is 6.52. The topological polar surface area (TPSA) is 47.6 Å². The highest BCUT2D eigenvalue weighted by atomic mass is 16.5. The summed E-state index contributed by atoms with van der Waals surface area (Å²) in [5, 5.41) is 2.79. The van der Waals surface area contributed by atoms with E-state index in [0.717, 1.165) is 17.1 Å². The molecular formula is C16H15NO3. The van der Waals surface area contributed by atoms with Crippen LogP contribution in [0.5, 0.6) is 11.5 Å². The van der Waals surface area contributed by atoms with E-state index in [1.54, 1.807) is 0 Å².